The SMILES string of the molecule is CN(C)c1ccc(C=NC2[C@@H](O)[C@H](O)[C@@H](CO)O[C@@H]2O)cc1. The van der Waals surface area contributed by atoms with Gasteiger partial charge in [-0.3, -0.25) is 4.99 Å². The number of ether oxygens (including phenoxy) is 1. The van der Waals surface area contributed by atoms with Crippen LogP contribution in [0.25, 0.3) is 0 Å². The standard InChI is InChI=1S/C15H22N2O5/c1-17(2)10-5-3-9(4-6-10)7-16-12-14(20)13(19)11(8-18)22-15(12)21/h3-7,11-15,18-21H,8H2,1-2H3/t11-,12?,13-,14-,15+/m1/s1. The van der Waals surface area contributed by atoms with Crippen molar-refractivity contribution in [3.8, 4) is 0 Å². The first-order valence-corrected chi connectivity index (χ1v) is 7.05. The van der Waals surface area contributed by atoms with Gasteiger partial charge in [0.2, 0.25) is 0 Å². The Balaban J connectivity index is 2.08. The summed E-state index contributed by atoms with van der Waals surface area (Å²) in [6.45, 7) is -0.488. The van der Waals surface area contributed by atoms with Gasteiger partial charge in [0.05, 0.1) is 6.61 Å². The Kier molecular flexibility index (Phi) is 5.49. The van der Waals surface area contributed by atoms with Crippen LogP contribution in [-0.2, 0) is 4.74 Å². The third-order valence-corrected chi connectivity index (χ3v) is 3.67. The highest BCUT2D eigenvalue weighted by molar-refractivity contribution is 5.80. The van der Waals surface area contributed by atoms with E-state index in [0.717, 1.165) is 11.3 Å². The van der Waals surface area contributed by atoms with Crippen LogP contribution >= 0.6 is 0 Å². The van der Waals surface area contributed by atoms with E-state index in [9.17, 15) is 15.3 Å². The third-order valence-electron chi connectivity index (χ3n) is 3.67. The molecule has 22 heavy (non-hydrogen) atoms. The Morgan fingerprint density at radius 2 is 1.77 bits per heavy atom. The maximum absolute atomic E-state index is 9.98. The molecule has 0 aliphatic carbocycles. The van der Waals surface area contributed by atoms with Crippen molar-refractivity contribution in [2.75, 3.05) is 25.6 Å². The average Bonchev–Trinajstić information content (AvgIpc) is 2.51. The number of hydrogen-bond acceptors (Lipinski definition) is 7. The fraction of sp³-hybridized carbons (Fsp3) is 0.533. The fourth-order valence-corrected chi connectivity index (χ4v) is 2.27. The van der Waals surface area contributed by atoms with Gasteiger partial charge >= 0.3 is 0 Å². The number of benzene rings is 1. The highest BCUT2D eigenvalue weighted by Gasteiger charge is 2.43. The smallest absolute Gasteiger partial charge is 0.180 e. The Bertz CT molecular complexity index is 505. The summed E-state index contributed by atoms with van der Waals surface area (Å²) in [4.78, 5) is 6.07. The topological polar surface area (TPSA) is 106 Å². The largest absolute Gasteiger partial charge is 0.394 e. The number of rotatable bonds is 4. The minimum absolute atomic E-state index is 0.488. The van der Waals surface area contributed by atoms with Crippen molar-refractivity contribution >= 4 is 11.9 Å². The highest BCUT2D eigenvalue weighted by atomic mass is 16.6. The lowest BCUT2D eigenvalue weighted by Crippen LogP contribution is -2.57. The Labute approximate surface area is 129 Å². The molecule has 1 aliphatic rings. The van der Waals surface area contributed by atoms with Crippen LogP contribution < -0.4 is 4.90 Å². The van der Waals surface area contributed by atoms with E-state index >= 15 is 0 Å². The summed E-state index contributed by atoms with van der Waals surface area (Å²) in [5.74, 6) is 0. The van der Waals surface area contributed by atoms with Crippen LogP contribution in [-0.4, -0.2) is 78.0 Å². The number of nitrogens with zero attached hydrogens (tertiary/aromatic N) is 2. The molecule has 0 bridgehead atoms. The molecule has 1 aliphatic heterocycles. The molecular formula is C15H22N2O5. The first-order chi connectivity index (χ1) is 10.4. The Morgan fingerprint density at radius 1 is 1.14 bits per heavy atom. The second kappa shape index (κ2) is 7.17. The molecule has 0 radical (unpaired) electrons. The normalized spacial score (nSPS) is 32.4. The van der Waals surface area contributed by atoms with Gasteiger partial charge in [0.15, 0.2) is 6.29 Å². The number of aliphatic imine (C=N–C) groups is 1. The van der Waals surface area contributed by atoms with E-state index in [2.05, 4.69) is 4.99 Å². The van der Waals surface area contributed by atoms with E-state index in [1.807, 2.05) is 43.3 Å². The lowest BCUT2D eigenvalue weighted by Gasteiger charge is -2.38. The predicted octanol–water partition coefficient (Wildman–Crippen LogP) is -1.03. The van der Waals surface area contributed by atoms with Crippen LogP contribution in [0.4, 0.5) is 5.69 Å². The molecule has 7 heteroatoms. The molecule has 2 rings (SSSR count). The summed E-state index contributed by atoms with van der Waals surface area (Å²) in [6, 6.07) is 6.54. The fourth-order valence-electron chi connectivity index (χ4n) is 2.27. The zero-order chi connectivity index (χ0) is 16.3. The van der Waals surface area contributed by atoms with Crippen LogP contribution in [0.5, 0.6) is 0 Å². The van der Waals surface area contributed by atoms with Crippen LogP contribution in [0.2, 0.25) is 0 Å². The van der Waals surface area contributed by atoms with Crippen LogP contribution in [0.3, 0.4) is 0 Å². The summed E-state index contributed by atoms with van der Waals surface area (Å²) in [5.41, 5.74) is 1.84. The molecule has 1 fully saturated rings. The molecule has 122 valence electrons. The van der Waals surface area contributed by atoms with E-state index in [0.29, 0.717) is 0 Å². The second-order valence-electron chi connectivity index (χ2n) is 5.48. The van der Waals surface area contributed by atoms with Crippen molar-refractivity contribution < 1.29 is 25.2 Å². The number of hydrogen-bond donors (Lipinski definition) is 4. The van der Waals surface area contributed by atoms with E-state index < -0.39 is 37.3 Å². The van der Waals surface area contributed by atoms with Gasteiger partial charge in [-0.05, 0) is 17.7 Å². The number of anilines is 1. The molecule has 0 saturated carbocycles. The predicted molar refractivity (Wildman–Crippen MR) is 82.1 cm³/mol. The molecule has 7 nitrogen and oxygen atoms in total. The summed E-state index contributed by atoms with van der Waals surface area (Å²) in [5, 5.41) is 38.6. The second-order valence-corrected chi connectivity index (χ2v) is 5.48. The Morgan fingerprint density at radius 3 is 2.32 bits per heavy atom. The molecule has 1 unspecified atom stereocenters. The maximum atomic E-state index is 9.98. The monoisotopic (exact) mass is 310 g/mol. The molecule has 1 aromatic rings. The lowest BCUT2D eigenvalue weighted by molar-refractivity contribution is -0.248. The lowest BCUT2D eigenvalue weighted by atomic mass is 9.97. The summed E-state index contributed by atoms with van der Waals surface area (Å²) in [6.07, 6.45) is -3.50. The van der Waals surface area contributed by atoms with Crippen molar-refractivity contribution in [2.45, 2.75) is 30.6 Å². The first-order valence-electron chi connectivity index (χ1n) is 7.05. The van der Waals surface area contributed by atoms with E-state index in [1.165, 1.54) is 6.21 Å². The van der Waals surface area contributed by atoms with Gasteiger partial charge in [-0.2, -0.15) is 0 Å². The number of aliphatic hydroxyl groups excluding tert-OH is 4. The summed E-state index contributed by atoms with van der Waals surface area (Å²) < 4.78 is 5.04. The van der Waals surface area contributed by atoms with Crippen molar-refractivity contribution in [1.29, 1.82) is 0 Å². The third kappa shape index (κ3) is 3.63. The minimum Gasteiger partial charge on any atom is -0.394 e. The van der Waals surface area contributed by atoms with Gasteiger partial charge in [-0.25, -0.2) is 0 Å². The molecular weight excluding hydrogens is 288 g/mol. The average molecular weight is 310 g/mol. The van der Waals surface area contributed by atoms with Crippen LogP contribution in [0.1, 0.15) is 5.56 Å². The highest BCUT2D eigenvalue weighted by Crippen LogP contribution is 2.22. The molecule has 0 amide bonds. The van der Waals surface area contributed by atoms with Crippen molar-refractivity contribution in [3.63, 3.8) is 0 Å². The summed E-state index contributed by atoms with van der Waals surface area (Å²) >= 11 is 0. The van der Waals surface area contributed by atoms with Gasteiger partial charge in [0.25, 0.3) is 0 Å². The van der Waals surface area contributed by atoms with Crippen LogP contribution in [0.15, 0.2) is 29.3 Å². The molecule has 1 aromatic carbocycles. The van der Waals surface area contributed by atoms with Gasteiger partial charge in [-0.1, -0.05) is 12.1 Å². The zero-order valence-corrected chi connectivity index (χ0v) is 12.6. The van der Waals surface area contributed by atoms with Gasteiger partial charge < -0.3 is 30.1 Å². The van der Waals surface area contributed by atoms with E-state index in [-0.39, 0.29) is 0 Å². The number of aliphatic hydroxyl groups is 4. The molecule has 1 saturated heterocycles. The van der Waals surface area contributed by atoms with Gasteiger partial charge in [-0.15, -0.1) is 0 Å². The molecule has 4 N–H and O–H groups in total. The van der Waals surface area contributed by atoms with Gasteiger partial charge in [0, 0.05) is 26.0 Å². The molecule has 5 atom stereocenters. The Hall–Kier alpha value is -1.51. The first kappa shape index (κ1) is 16.9. The van der Waals surface area contributed by atoms with Gasteiger partial charge in [0.1, 0.15) is 24.4 Å². The molecule has 0 aromatic heterocycles. The van der Waals surface area contributed by atoms with Crippen molar-refractivity contribution in [2.24, 2.45) is 4.99 Å². The molecule has 1 heterocycles. The summed E-state index contributed by atoms with van der Waals surface area (Å²) in [7, 11) is 3.88. The molecule has 0 spiro atoms. The quantitative estimate of drug-likeness (QED) is 0.530. The van der Waals surface area contributed by atoms with E-state index in [4.69, 9.17) is 9.84 Å². The van der Waals surface area contributed by atoms with Crippen molar-refractivity contribution in [3.05, 3.63) is 29.8 Å². The zero-order valence-electron chi connectivity index (χ0n) is 12.6. The van der Waals surface area contributed by atoms with E-state index in [1.54, 1.807) is 0 Å². The van der Waals surface area contributed by atoms with Crippen molar-refractivity contribution in [1.82, 2.24) is 0 Å². The minimum atomic E-state index is -1.38. The van der Waals surface area contributed by atoms with Crippen LogP contribution in [0, 0.1) is 0 Å². The maximum Gasteiger partial charge on any atom is 0.180 e.